The first-order chi connectivity index (χ1) is 8.11. The number of methoxy groups -OCH3 is 1. The summed E-state index contributed by atoms with van der Waals surface area (Å²) in [6, 6.07) is 7.22. The van der Waals surface area contributed by atoms with E-state index >= 15 is 0 Å². The molecule has 6 nitrogen and oxygen atoms in total. The molecule has 1 aromatic carbocycles. The fourth-order valence-electron chi connectivity index (χ4n) is 1.29. The van der Waals surface area contributed by atoms with Gasteiger partial charge in [0.2, 0.25) is 5.69 Å². The molecule has 0 aliphatic rings. The third-order valence-corrected chi connectivity index (χ3v) is 2.99. The fourth-order valence-corrected chi connectivity index (χ4v) is 2.05. The number of amides is 1. The second-order valence-corrected chi connectivity index (χ2v) is 4.21. The zero-order chi connectivity index (χ0) is 12.4. The molecule has 1 amide bonds. The van der Waals surface area contributed by atoms with Gasteiger partial charge in [0.15, 0.2) is 16.5 Å². The van der Waals surface area contributed by atoms with Gasteiger partial charge in [0, 0.05) is 21.3 Å². The minimum atomic E-state index is -0.633. The summed E-state index contributed by atoms with van der Waals surface area (Å²) in [7, 11) is 1.59. The Balaban J connectivity index is 2.39. The van der Waals surface area contributed by atoms with Gasteiger partial charge in [-0.15, -0.1) is 0 Å². The Hall–Kier alpha value is -2.15. The summed E-state index contributed by atoms with van der Waals surface area (Å²) in [4.78, 5) is 11.0. The number of aromatic nitrogens is 2. The minimum Gasteiger partial charge on any atom is -0.497 e. The Kier molecular flexibility index (Phi) is 2.92. The van der Waals surface area contributed by atoms with Crippen LogP contribution in [0.15, 0.2) is 24.3 Å². The van der Waals surface area contributed by atoms with Crippen LogP contribution in [0.2, 0.25) is 0 Å². The van der Waals surface area contributed by atoms with Crippen molar-refractivity contribution in [1.82, 2.24) is 5.10 Å². The number of carbonyl (C=O) groups excluding carboxylic acids is 1. The number of anilines is 1. The maximum Gasteiger partial charge on any atom is 0.276 e. The minimum absolute atomic E-state index is 0.0887. The van der Waals surface area contributed by atoms with Crippen molar-refractivity contribution in [3.63, 3.8) is 0 Å². The lowest BCUT2D eigenvalue weighted by molar-refractivity contribution is -0.588. The van der Waals surface area contributed by atoms with Gasteiger partial charge in [-0.2, -0.15) is 0 Å². The van der Waals surface area contributed by atoms with Crippen molar-refractivity contribution in [2.45, 2.75) is 0 Å². The Morgan fingerprint density at radius 2 is 2.06 bits per heavy atom. The van der Waals surface area contributed by atoms with E-state index in [4.69, 9.17) is 16.2 Å². The average molecular weight is 251 g/mol. The first-order valence-electron chi connectivity index (χ1n) is 4.75. The van der Waals surface area contributed by atoms with Crippen LogP contribution in [0.1, 0.15) is 10.5 Å². The highest BCUT2D eigenvalue weighted by Crippen LogP contribution is 2.15. The van der Waals surface area contributed by atoms with Gasteiger partial charge in [-0.25, -0.2) is 0 Å². The summed E-state index contributed by atoms with van der Waals surface area (Å²) in [5, 5.41) is 4.33. The lowest BCUT2D eigenvalue weighted by Gasteiger charge is -1.95. The van der Waals surface area contributed by atoms with Crippen molar-refractivity contribution in [1.29, 1.82) is 0 Å². The largest absolute Gasteiger partial charge is 0.497 e. The molecule has 0 saturated carbocycles. The van der Waals surface area contributed by atoms with E-state index < -0.39 is 5.91 Å². The van der Waals surface area contributed by atoms with Gasteiger partial charge in [-0.05, 0) is 12.1 Å². The Bertz CT molecular complexity index is 550. The summed E-state index contributed by atoms with van der Waals surface area (Å²) < 4.78 is 6.58. The maximum atomic E-state index is 11.0. The molecule has 0 unspecified atom stereocenters. The van der Waals surface area contributed by atoms with Crippen molar-refractivity contribution in [2.24, 2.45) is 5.73 Å². The van der Waals surface area contributed by atoms with Gasteiger partial charge in [0.05, 0.1) is 7.11 Å². The molecule has 0 radical (unpaired) electrons. The van der Waals surface area contributed by atoms with Crippen LogP contribution in [0, 0.1) is 0 Å². The Labute approximate surface area is 102 Å². The number of rotatable bonds is 3. The van der Waals surface area contributed by atoms with Crippen LogP contribution in [-0.4, -0.2) is 18.1 Å². The lowest BCUT2D eigenvalue weighted by atomic mass is 10.3. The van der Waals surface area contributed by atoms with Crippen molar-refractivity contribution in [3.8, 4) is 11.4 Å². The summed E-state index contributed by atoms with van der Waals surface area (Å²) in [6.07, 6.45) is 0. The molecule has 0 atom stereocenters. The molecule has 1 aromatic heterocycles. The third-order valence-electron chi connectivity index (χ3n) is 2.14. The number of nitrogens with two attached hydrogens (primary N) is 2. The van der Waals surface area contributed by atoms with Crippen LogP contribution in [0.4, 0.5) is 5.00 Å². The average Bonchev–Trinajstić information content (AvgIpc) is 2.71. The van der Waals surface area contributed by atoms with E-state index in [1.54, 1.807) is 19.2 Å². The molecule has 0 bridgehead atoms. The topological polar surface area (TPSA) is 95.1 Å². The van der Waals surface area contributed by atoms with Crippen molar-refractivity contribution < 1.29 is 13.6 Å². The van der Waals surface area contributed by atoms with Gasteiger partial charge in [0.1, 0.15) is 5.75 Å². The zero-order valence-corrected chi connectivity index (χ0v) is 9.90. The number of carbonyl (C=O) groups is 1. The quantitative estimate of drug-likeness (QED) is 0.757. The van der Waals surface area contributed by atoms with E-state index in [0.29, 0.717) is 5.00 Å². The molecule has 0 saturated heterocycles. The highest BCUT2D eigenvalue weighted by atomic mass is 32.1. The number of hydrogen-bond donors (Lipinski definition) is 2. The van der Waals surface area contributed by atoms with Crippen LogP contribution >= 0.6 is 11.5 Å². The van der Waals surface area contributed by atoms with Gasteiger partial charge < -0.3 is 16.2 Å². The van der Waals surface area contributed by atoms with Crippen LogP contribution in [0.25, 0.3) is 5.69 Å². The molecule has 0 aliphatic carbocycles. The van der Waals surface area contributed by atoms with Gasteiger partial charge in [0.25, 0.3) is 11.6 Å². The normalized spacial score (nSPS) is 10.2. The Morgan fingerprint density at radius 1 is 1.41 bits per heavy atom. The second kappa shape index (κ2) is 4.38. The number of benzene rings is 1. The summed E-state index contributed by atoms with van der Waals surface area (Å²) in [5.74, 6) is 0.111. The van der Waals surface area contributed by atoms with E-state index in [-0.39, 0.29) is 5.69 Å². The highest BCUT2D eigenvalue weighted by molar-refractivity contribution is 7.06. The standard InChI is InChI=1S/C10H10N4O2S/c1-16-7-4-2-6(3-5-7)14-13-8(9(11)15)10(12)17-14/h2-5,12H,1H3,(H2,11,15)/p+1. The summed E-state index contributed by atoms with van der Waals surface area (Å²) in [5.41, 5.74) is 11.7. The van der Waals surface area contributed by atoms with Crippen molar-refractivity contribution >= 4 is 22.4 Å². The highest BCUT2D eigenvalue weighted by Gasteiger charge is 2.22. The molecule has 88 valence electrons. The van der Waals surface area contributed by atoms with Crippen LogP contribution in [0.3, 0.4) is 0 Å². The smallest absolute Gasteiger partial charge is 0.276 e. The SMILES string of the molecule is COc1ccc(-[n+]2nc(C(N)=O)c(N)s2)cc1. The van der Waals surface area contributed by atoms with E-state index in [2.05, 4.69) is 5.10 Å². The first kappa shape index (κ1) is 11.3. The Morgan fingerprint density at radius 3 is 2.53 bits per heavy atom. The van der Waals surface area contributed by atoms with Gasteiger partial charge in [-0.1, -0.05) is 0 Å². The lowest BCUT2D eigenvalue weighted by Crippen LogP contribution is -2.30. The number of nitrogen functional groups attached to an aromatic ring is 1. The predicted octanol–water partition coefficient (Wildman–Crippen LogP) is 0.109. The van der Waals surface area contributed by atoms with Gasteiger partial charge in [-0.3, -0.25) is 4.79 Å². The van der Waals surface area contributed by atoms with Crippen LogP contribution < -0.4 is 20.3 Å². The molecule has 0 fully saturated rings. The van der Waals surface area contributed by atoms with Crippen LogP contribution in [0.5, 0.6) is 5.75 Å². The predicted molar refractivity (Wildman–Crippen MR) is 63.1 cm³/mol. The van der Waals surface area contributed by atoms with Crippen LogP contribution in [-0.2, 0) is 0 Å². The number of nitrogens with zero attached hydrogens (tertiary/aromatic N) is 2. The molecule has 17 heavy (non-hydrogen) atoms. The van der Waals surface area contributed by atoms with Crippen molar-refractivity contribution in [2.75, 3.05) is 12.8 Å². The maximum absolute atomic E-state index is 11.0. The van der Waals surface area contributed by atoms with Gasteiger partial charge >= 0.3 is 0 Å². The monoisotopic (exact) mass is 251 g/mol. The molecule has 0 spiro atoms. The second-order valence-electron chi connectivity index (χ2n) is 3.24. The fraction of sp³-hybridized carbons (Fsp3) is 0.100. The number of hydrogen-bond acceptors (Lipinski definition) is 5. The molecule has 7 heteroatoms. The van der Waals surface area contributed by atoms with E-state index in [1.165, 1.54) is 4.07 Å². The van der Waals surface area contributed by atoms with E-state index in [9.17, 15) is 4.79 Å². The molecule has 1 heterocycles. The molecular formula is C10H11N4O2S+. The molecule has 4 N–H and O–H groups in total. The number of primary amides is 1. The zero-order valence-electron chi connectivity index (χ0n) is 9.08. The summed E-state index contributed by atoms with van der Waals surface area (Å²) in [6.45, 7) is 0. The third kappa shape index (κ3) is 2.18. The van der Waals surface area contributed by atoms with E-state index in [0.717, 1.165) is 23.0 Å². The summed E-state index contributed by atoms with van der Waals surface area (Å²) >= 11 is 1.15. The molecule has 2 rings (SSSR count). The van der Waals surface area contributed by atoms with Crippen molar-refractivity contribution in [3.05, 3.63) is 30.0 Å². The number of ether oxygens (including phenoxy) is 1. The molecular weight excluding hydrogens is 240 g/mol. The molecule has 2 aromatic rings. The molecule has 0 aliphatic heterocycles. The first-order valence-corrected chi connectivity index (χ1v) is 5.52. The van der Waals surface area contributed by atoms with E-state index in [1.807, 2.05) is 12.1 Å².